The highest BCUT2D eigenvalue weighted by molar-refractivity contribution is 6.46. The minimum atomic E-state index is -4.41. The number of hydrogen-bond donors (Lipinski definition) is 1. The summed E-state index contributed by atoms with van der Waals surface area (Å²) in [6, 6.07) is 2.96. The van der Waals surface area contributed by atoms with Crippen LogP contribution in [0.4, 0.5) is 13.2 Å². The number of aliphatic hydroxyl groups is 1. The molecule has 2 aromatic rings. The Labute approximate surface area is 175 Å². The number of ether oxygens (including phenoxy) is 1. The lowest BCUT2D eigenvalue weighted by atomic mass is 9.84. The first-order chi connectivity index (χ1) is 13.7. The molecule has 0 aliphatic heterocycles. The quantitative estimate of drug-likeness (QED) is 0.624. The Kier molecular flexibility index (Phi) is 7.24. The molecule has 0 spiro atoms. The Hall–Kier alpha value is -2.07. The second-order valence-corrected chi connectivity index (χ2v) is 8.71. The Morgan fingerprint density at radius 3 is 2.30 bits per heavy atom. The molecule has 0 radical (unpaired) electrons. The topological polar surface area (TPSA) is 69.4 Å². The van der Waals surface area contributed by atoms with Crippen molar-refractivity contribution in [3.05, 3.63) is 36.3 Å². The molecule has 0 saturated carbocycles. The molecule has 0 aromatic carbocycles. The highest BCUT2D eigenvalue weighted by atomic mass is 19.4. The third-order valence-electron chi connectivity index (χ3n) is 5.13. The van der Waals surface area contributed by atoms with Crippen molar-refractivity contribution in [1.82, 2.24) is 14.8 Å². The second-order valence-electron chi connectivity index (χ2n) is 8.71. The van der Waals surface area contributed by atoms with E-state index < -0.39 is 24.0 Å². The maximum atomic E-state index is 12.3. The molecule has 1 unspecified atom stereocenters. The molecule has 2 aromatic heterocycles. The van der Waals surface area contributed by atoms with Gasteiger partial charge in [0.1, 0.15) is 0 Å². The summed E-state index contributed by atoms with van der Waals surface area (Å²) in [6.07, 6.45) is 0.656. The molecule has 2 heterocycles. The number of hydrogen-bond acceptors (Lipinski definition) is 5. The zero-order valence-corrected chi connectivity index (χ0v) is 18.2. The lowest BCUT2D eigenvalue weighted by molar-refractivity contribution is -0.154. The predicted octanol–water partition coefficient (Wildman–Crippen LogP) is 3.01. The van der Waals surface area contributed by atoms with Crippen molar-refractivity contribution in [2.75, 3.05) is 6.61 Å². The Bertz CT molecular complexity index is 815. The summed E-state index contributed by atoms with van der Waals surface area (Å²) in [6.45, 7) is 9.70. The zero-order valence-electron chi connectivity index (χ0n) is 18.2. The summed E-state index contributed by atoms with van der Waals surface area (Å²) >= 11 is 0. The largest absolute Gasteiger partial charge is 0.468 e. The van der Waals surface area contributed by atoms with E-state index in [1.165, 1.54) is 12.3 Å². The van der Waals surface area contributed by atoms with Crippen LogP contribution in [0.25, 0.3) is 0 Å². The van der Waals surface area contributed by atoms with Crippen molar-refractivity contribution in [2.45, 2.75) is 65.0 Å². The Morgan fingerprint density at radius 1 is 1.13 bits per heavy atom. The summed E-state index contributed by atoms with van der Waals surface area (Å²) < 4.78 is 49.2. The van der Waals surface area contributed by atoms with Gasteiger partial charge in [-0.3, -0.25) is 4.68 Å². The average Bonchev–Trinajstić information content (AvgIpc) is 3.06. The van der Waals surface area contributed by atoms with Gasteiger partial charge < -0.3 is 14.5 Å². The first-order valence-corrected chi connectivity index (χ1v) is 9.74. The molecule has 6 nitrogen and oxygen atoms in total. The molecular weight excluding hydrogens is 398 g/mol. The fourth-order valence-electron chi connectivity index (χ4n) is 2.70. The van der Waals surface area contributed by atoms with E-state index >= 15 is 0 Å². The Balaban J connectivity index is 2.12. The lowest BCUT2D eigenvalue weighted by Gasteiger charge is -2.37. The fraction of sp³-hybridized carbons (Fsp3) is 0.600. The highest BCUT2D eigenvalue weighted by Crippen LogP contribution is 2.27. The molecule has 0 bridgehead atoms. The minimum Gasteiger partial charge on any atom is -0.468 e. The number of nitrogens with zero attached hydrogens (tertiary/aromatic N) is 3. The first kappa shape index (κ1) is 24.2. The average molecular weight is 427 g/mol. The molecule has 0 saturated heterocycles. The van der Waals surface area contributed by atoms with Gasteiger partial charge in [0.25, 0.3) is 0 Å². The number of halogens is 3. The highest BCUT2D eigenvalue weighted by Gasteiger charge is 2.36. The summed E-state index contributed by atoms with van der Waals surface area (Å²) in [5.41, 5.74) is -0.110. The fourth-order valence-corrected chi connectivity index (χ4v) is 2.70. The van der Waals surface area contributed by atoms with Crippen molar-refractivity contribution in [2.24, 2.45) is 5.92 Å². The second kappa shape index (κ2) is 8.97. The van der Waals surface area contributed by atoms with E-state index in [0.29, 0.717) is 0 Å². The lowest BCUT2D eigenvalue weighted by Crippen LogP contribution is -2.49. The number of rotatable bonds is 9. The summed E-state index contributed by atoms with van der Waals surface area (Å²) in [5.74, 6) is 0.0669. The van der Waals surface area contributed by atoms with Crippen LogP contribution in [0.3, 0.4) is 0 Å². The summed E-state index contributed by atoms with van der Waals surface area (Å²) in [4.78, 5) is 4.00. The zero-order chi connectivity index (χ0) is 22.7. The van der Waals surface area contributed by atoms with Gasteiger partial charge in [-0.2, -0.15) is 18.3 Å². The third-order valence-corrected chi connectivity index (χ3v) is 5.13. The van der Waals surface area contributed by atoms with E-state index in [2.05, 4.69) is 14.8 Å². The monoisotopic (exact) mass is 427 g/mol. The molecule has 10 heteroatoms. The summed E-state index contributed by atoms with van der Waals surface area (Å²) in [5, 5.41) is 14.7. The number of pyridine rings is 1. The van der Waals surface area contributed by atoms with Crippen LogP contribution < -0.4 is 10.2 Å². The molecule has 0 aliphatic carbocycles. The van der Waals surface area contributed by atoms with Gasteiger partial charge in [-0.1, -0.05) is 13.8 Å². The van der Waals surface area contributed by atoms with Crippen LogP contribution in [0.5, 0.6) is 5.88 Å². The maximum absolute atomic E-state index is 12.3. The Morgan fingerprint density at radius 2 is 1.80 bits per heavy atom. The third kappa shape index (κ3) is 6.47. The van der Waals surface area contributed by atoms with E-state index in [0.717, 1.165) is 11.0 Å². The van der Waals surface area contributed by atoms with Crippen molar-refractivity contribution < 1.29 is 27.7 Å². The van der Waals surface area contributed by atoms with E-state index in [1.807, 2.05) is 33.9 Å². The van der Waals surface area contributed by atoms with Gasteiger partial charge in [-0.25, -0.2) is 4.98 Å². The predicted molar refractivity (Wildman–Crippen MR) is 109 cm³/mol. The van der Waals surface area contributed by atoms with Gasteiger partial charge in [0.05, 0.1) is 17.2 Å². The van der Waals surface area contributed by atoms with Crippen molar-refractivity contribution in [3.63, 3.8) is 0 Å². The van der Waals surface area contributed by atoms with Gasteiger partial charge in [0.2, 0.25) is 5.88 Å². The molecule has 1 N–H and O–H groups in total. The van der Waals surface area contributed by atoms with Gasteiger partial charge in [-0.15, -0.1) is 0 Å². The van der Waals surface area contributed by atoms with Crippen LogP contribution >= 0.6 is 0 Å². The molecule has 0 aliphatic rings. The van der Waals surface area contributed by atoms with Crippen molar-refractivity contribution >= 4 is 12.9 Å². The van der Waals surface area contributed by atoms with Crippen molar-refractivity contribution in [1.29, 1.82) is 0 Å². The molecule has 0 fully saturated rings. The van der Waals surface area contributed by atoms with Gasteiger partial charge >= 0.3 is 13.7 Å². The molecule has 166 valence electrons. The molecule has 0 amide bonds. The van der Waals surface area contributed by atoms with E-state index in [9.17, 15) is 18.3 Å². The minimum absolute atomic E-state index is 0.0815. The molecule has 30 heavy (non-hydrogen) atoms. The smallest absolute Gasteiger partial charge is 0.422 e. The SMILES string of the molecule is CC(C)C(c1ccc(OCC(F)(F)F)nc1)n1cc(BOC(C)(C)C(C)(C)O)cn1. The van der Waals surface area contributed by atoms with Gasteiger partial charge in [0, 0.05) is 24.7 Å². The van der Waals surface area contributed by atoms with Crippen LogP contribution in [-0.2, 0) is 4.65 Å². The molecule has 2 rings (SSSR count). The van der Waals surface area contributed by atoms with Gasteiger partial charge in [0.15, 0.2) is 6.61 Å². The standard InChI is InChI=1S/C20H29BF3N3O3/c1-13(2)17(14-7-8-16(25-9-14)29-12-20(22,23)24)27-11-15(10-26-27)21-30-19(5,6)18(3,4)28/h7-11,13,17,21,28H,12H2,1-6H3. The number of alkyl halides is 3. The van der Waals surface area contributed by atoms with Crippen LogP contribution in [0, 0.1) is 5.92 Å². The van der Waals surface area contributed by atoms with E-state index in [1.54, 1.807) is 30.8 Å². The van der Waals surface area contributed by atoms with Crippen molar-refractivity contribution in [3.8, 4) is 5.88 Å². The van der Waals surface area contributed by atoms with Gasteiger partial charge in [-0.05, 0) is 50.7 Å². The normalized spacial score (nSPS) is 14.1. The van der Waals surface area contributed by atoms with E-state index in [4.69, 9.17) is 4.65 Å². The maximum Gasteiger partial charge on any atom is 0.422 e. The van der Waals surface area contributed by atoms with Crippen LogP contribution in [-0.4, -0.2) is 51.3 Å². The number of aromatic nitrogens is 3. The van der Waals surface area contributed by atoms with E-state index in [-0.39, 0.29) is 25.3 Å². The van der Waals surface area contributed by atoms with Crippen LogP contribution in [0.2, 0.25) is 0 Å². The molecular formula is C20H29BF3N3O3. The van der Waals surface area contributed by atoms with Crippen LogP contribution in [0.1, 0.15) is 53.1 Å². The van der Waals surface area contributed by atoms with Crippen LogP contribution in [0.15, 0.2) is 30.7 Å². The first-order valence-electron chi connectivity index (χ1n) is 9.74. The summed E-state index contributed by atoms with van der Waals surface area (Å²) in [7, 11) is 0.282. The molecule has 1 atom stereocenters.